The van der Waals surface area contributed by atoms with Gasteiger partial charge in [0.15, 0.2) is 11.6 Å². The van der Waals surface area contributed by atoms with Gasteiger partial charge in [-0.2, -0.15) is 0 Å². The maximum atomic E-state index is 13.9. The summed E-state index contributed by atoms with van der Waals surface area (Å²) >= 11 is 0. The van der Waals surface area contributed by atoms with Crippen LogP contribution in [0.25, 0.3) is 22.4 Å². The molecule has 0 bridgehead atoms. The Labute approximate surface area is 122 Å². The van der Waals surface area contributed by atoms with Crippen LogP contribution < -0.4 is 10.5 Å². The molecule has 0 unspecified atom stereocenters. The van der Waals surface area contributed by atoms with Gasteiger partial charge in [-0.05, 0) is 35.9 Å². The lowest BCUT2D eigenvalue weighted by atomic mass is 10.2. The van der Waals surface area contributed by atoms with Gasteiger partial charge >= 0.3 is 0 Å². The normalized spacial score (nSPS) is 11.0. The van der Waals surface area contributed by atoms with E-state index >= 15 is 0 Å². The summed E-state index contributed by atoms with van der Waals surface area (Å²) in [6, 6.07) is 10.8. The molecular weight excluding hydrogens is 269 g/mol. The molecule has 0 aliphatic heterocycles. The van der Waals surface area contributed by atoms with Crippen LogP contribution in [0.1, 0.15) is 5.56 Å². The topological polar surface area (TPSA) is 53.1 Å². The summed E-state index contributed by atoms with van der Waals surface area (Å²) in [5.41, 5.74) is 9.22. The minimum absolute atomic E-state index is 0.225. The highest BCUT2D eigenvalue weighted by Crippen LogP contribution is 2.27. The Morgan fingerprint density at radius 3 is 2.71 bits per heavy atom. The first-order chi connectivity index (χ1) is 10.1. The van der Waals surface area contributed by atoms with E-state index in [0.29, 0.717) is 17.9 Å². The first-order valence-electron chi connectivity index (χ1n) is 6.63. The van der Waals surface area contributed by atoms with Crippen molar-refractivity contribution in [3.8, 4) is 17.1 Å². The Kier molecular flexibility index (Phi) is 3.35. The van der Waals surface area contributed by atoms with Crippen LogP contribution in [0, 0.1) is 5.82 Å². The van der Waals surface area contributed by atoms with Gasteiger partial charge in [0.1, 0.15) is 5.82 Å². The number of imidazole rings is 1. The standard InChI is InChI=1S/C16H16FN3O/c1-20-14-5-3-10(9-18)7-13(14)19-16(20)11-4-6-15(21-2)12(17)8-11/h3-8H,9,18H2,1-2H3. The molecule has 0 spiro atoms. The van der Waals surface area contributed by atoms with Crippen LogP contribution in [0.5, 0.6) is 5.75 Å². The average Bonchev–Trinajstić information content (AvgIpc) is 2.83. The lowest BCUT2D eigenvalue weighted by molar-refractivity contribution is 0.386. The number of hydrogen-bond donors (Lipinski definition) is 1. The van der Waals surface area contributed by atoms with E-state index in [1.165, 1.54) is 13.2 Å². The Morgan fingerprint density at radius 1 is 1.24 bits per heavy atom. The molecule has 5 heteroatoms. The zero-order valence-corrected chi connectivity index (χ0v) is 11.9. The van der Waals surface area contributed by atoms with Crippen molar-refractivity contribution in [3.63, 3.8) is 0 Å². The summed E-state index contributed by atoms with van der Waals surface area (Å²) in [6.45, 7) is 0.471. The van der Waals surface area contributed by atoms with E-state index in [9.17, 15) is 4.39 Å². The fourth-order valence-electron chi connectivity index (χ4n) is 2.44. The number of halogens is 1. The van der Waals surface area contributed by atoms with Gasteiger partial charge in [0, 0.05) is 19.2 Å². The number of methoxy groups -OCH3 is 1. The van der Waals surface area contributed by atoms with Gasteiger partial charge in [0.25, 0.3) is 0 Å². The number of rotatable bonds is 3. The summed E-state index contributed by atoms with van der Waals surface area (Å²) in [5.74, 6) is 0.536. The monoisotopic (exact) mass is 285 g/mol. The third-order valence-corrected chi connectivity index (χ3v) is 3.59. The number of ether oxygens (including phenoxy) is 1. The third kappa shape index (κ3) is 2.25. The lowest BCUT2D eigenvalue weighted by Crippen LogP contribution is -1.96. The van der Waals surface area contributed by atoms with Crippen molar-refractivity contribution in [1.82, 2.24) is 9.55 Å². The van der Waals surface area contributed by atoms with E-state index in [0.717, 1.165) is 16.6 Å². The molecule has 4 nitrogen and oxygen atoms in total. The molecule has 3 aromatic rings. The summed E-state index contributed by atoms with van der Waals surface area (Å²) in [4.78, 5) is 4.59. The molecule has 0 saturated carbocycles. The van der Waals surface area contributed by atoms with Crippen molar-refractivity contribution in [2.75, 3.05) is 7.11 Å². The zero-order chi connectivity index (χ0) is 15.0. The maximum Gasteiger partial charge on any atom is 0.165 e. The van der Waals surface area contributed by atoms with Crippen molar-refractivity contribution in [2.45, 2.75) is 6.54 Å². The Bertz CT molecular complexity index is 811. The fraction of sp³-hybridized carbons (Fsp3) is 0.188. The van der Waals surface area contributed by atoms with Crippen LogP contribution >= 0.6 is 0 Å². The second-order valence-electron chi connectivity index (χ2n) is 4.87. The van der Waals surface area contributed by atoms with E-state index in [1.54, 1.807) is 12.1 Å². The van der Waals surface area contributed by atoms with E-state index in [2.05, 4.69) is 4.98 Å². The summed E-state index contributed by atoms with van der Waals surface area (Å²) in [7, 11) is 3.36. The van der Waals surface area contributed by atoms with Crippen molar-refractivity contribution in [1.29, 1.82) is 0 Å². The second kappa shape index (κ2) is 5.18. The summed E-state index contributed by atoms with van der Waals surface area (Å²) in [5, 5.41) is 0. The first-order valence-corrected chi connectivity index (χ1v) is 6.63. The van der Waals surface area contributed by atoms with Crippen LogP contribution in [0.15, 0.2) is 36.4 Å². The molecule has 0 aliphatic rings. The number of aryl methyl sites for hydroxylation is 1. The van der Waals surface area contributed by atoms with E-state index in [4.69, 9.17) is 10.5 Å². The molecule has 0 fully saturated rings. The molecule has 1 aromatic heterocycles. The van der Waals surface area contributed by atoms with Gasteiger partial charge in [0.2, 0.25) is 0 Å². The number of benzene rings is 2. The van der Waals surface area contributed by atoms with Crippen LogP contribution in [-0.2, 0) is 13.6 Å². The average molecular weight is 285 g/mol. The van der Waals surface area contributed by atoms with Crippen molar-refractivity contribution in [3.05, 3.63) is 47.8 Å². The minimum atomic E-state index is -0.398. The van der Waals surface area contributed by atoms with Crippen molar-refractivity contribution >= 4 is 11.0 Å². The summed E-state index contributed by atoms with van der Waals surface area (Å²) in [6.07, 6.45) is 0. The number of fused-ring (bicyclic) bond motifs is 1. The Balaban J connectivity index is 2.16. The molecule has 2 N–H and O–H groups in total. The lowest BCUT2D eigenvalue weighted by Gasteiger charge is -2.05. The predicted octanol–water partition coefficient (Wildman–Crippen LogP) is 2.85. The van der Waals surface area contributed by atoms with Crippen molar-refractivity contribution in [2.24, 2.45) is 12.8 Å². The van der Waals surface area contributed by atoms with E-state index in [-0.39, 0.29) is 5.75 Å². The number of nitrogens with two attached hydrogens (primary N) is 1. The SMILES string of the molecule is COc1ccc(-c2nc3cc(CN)ccc3n2C)cc1F. The van der Waals surface area contributed by atoms with Gasteiger partial charge in [-0.15, -0.1) is 0 Å². The molecule has 2 aromatic carbocycles. The van der Waals surface area contributed by atoms with Crippen molar-refractivity contribution < 1.29 is 9.13 Å². The molecular formula is C16H16FN3O. The molecule has 0 aliphatic carbocycles. The largest absolute Gasteiger partial charge is 0.494 e. The molecule has 21 heavy (non-hydrogen) atoms. The molecule has 0 saturated heterocycles. The molecule has 108 valence electrons. The van der Waals surface area contributed by atoms with Gasteiger partial charge in [0.05, 0.1) is 18.1 Å². The molecule has 0 atom stereocenters. The number of aromatic nitrogens is 2. The minimum Gasteiger partial charge on any atom is -0.494 e. The predicted molar refractivity (Wildman–Crippen MR) is 80.6 cm³/mol. The molecule has 0 radical (unpaired) electrons. The Hall–Kier alpha value is -2.40. The third-order valence-electron chi connectivity index (χ3n) is 3.59. The van der Waals surface area contributed by atoms with Gasteiger partial charge in [-0.25, -0.2) is 9.37 Å². The van der Waals surface area contributed by atoms with E-state index < -0.39 is 5.82 Å². The quantitative estimate of drug-likeness (QED) is 0.805. The van der Waals surface area contributed by atoms with E-state index in [1.807, 2.05) is 29.8 Å². The molecule has 1 heterocycles. The van der Waals surface area contributed by atoms with Gasteiger partial charge < -0.3 is 15.0 Å². The number of nitrogens with zero attached hydrogens (tertiary/aromatic N) is 2. The van der Waals surface area contributed by atoms with Crippen LogP contribution in [-0.4, -0.2) is 16.7 Å². The second-order valence-corrected chi connectivity index (χ2v) is 4.87. The fourth-order valence-corrected chi connectivity index (χ4v) is 2.44. The van der Waals surface area contributed by atoms with Crippen LogP contribution in [0.4, 0.5) is 4.39 Å². The highest BCUT2D eigenvalue weighted by molar-refractivity contribution is 5.81. The Morgan fingerprint density at radius 2 is 2.05 bits per heavy atom. The van der Waals surface area contributed by atoms with Gasteiger partial charge in [-0.3, -0.25) is 0 Å². The highest BCUT2D eigenvalue weighted by atomic mass is 19.1. The molecule has 3 rings (SSSR count). The summed E-state index contributed by atoms with van der Waals surface area (Å²) < 4.78 is 20.7. The number of hydrogen-bond acceptors (Lipinski definition) is 3. The van der Waals surface area contributed by atoms with Crippen LogP contribution in [0.2, 0.25) is 0 Å². The first kappa shape index (κ1) is 13.6. The molecule has 0 amide bonds. The highest BCUT2D eigenvalue weighted by Gasteiger charge is 2.12. The zero-order valence-electron chi connectivity index (χ0n) is 11.9. The van der Waals surface area contributed by atoms with Gasteiger partial charge in [-0.1, -0.05) is 6.07 Å². The van der Waals surface area contributed by atoms with Crippen LogP contribution in [0.3, 0.4) is 0 Å². The maximum absolute atomic E-state index is 13.9. The smallest absolute Gasteiger partial charge is 0.165 e.